The molecule has 0 bridgehead atoms. The number of carboxylic acid groups (broad SMARTS) is 1. The average Bonchev–Trinajstić information content (AvgIpc) is 2.85. The van der Waals surface area contributed by atoms with Gasteiger partial charge in [0.05, 0.1) is 5.92 Å². The number of halogens is 1. The van der Waals surface area contributed by atoms with E-state index in [1.807, 2.05) is 6.20 Å². The van der Waals surface area contributed by atoms with Gasteiger partial charge in [-0.15, -0.1) is 0 Å². The summed E-state index contributed by atoms with van der Waals surface area (Å²) in [6.45, 7) is 0. The van der Waals surface area contributed by atoms with Crippen LogP contribution in [-0.4, -0.2) is 27.6 Å². The van der Waals surface area contributed by atoms with Gasteiger partial charge in [-0.3, -0.25) is 9.59 Å². The van der Waals surface area contributed by atoms with Crippen molar-refractivity contribution in [2.24, 2.45) is 13.0 Å². The summed E-state index contributed by atoms with van der Waals surface area (Å²) in [7, 11) is 1.80. The highest BCUT2D eigenvalue weighted by atomic mass is 79.9. The molecule has 5 nitrogen and oxygen atoms in total. The minimum atomic E-state index is -0.770. The number of aryl methyl sites for hydroxylation is 1. The number of hydrogen-bond acceptors (Lipinski definition) is 2. The van der Waals surface area contributed by atoms with Crippen molar-refractivity contribution in [3.63, 3.8) is 0 Å². The van der Waals surface area contributed by atoms with Crippen LogP contribution in [0.4, 0.5) is 0 Å². The largest absolute Gasteiger partial charge is 0.481 e. The molecule has 2 rings (SSSR count). The highest BCUT2D eigenvalue weighted by Gasteiger charge is 2.30. The molecule has 1 aliphatic rings. The maximum absolute atomic E-state index is 12.0. The third kappa shape index (κ3) is 2.75. The van der Waals surface area contributed by atoms with E-state index < -0.39 is 5.97 Å². The molecule has 98 valence electrons. The summed E-state index contributed by atoms with van der Waals surface area (Å²) >= 11 is 3.31. The van der Waals surface area contributed by atoms with E-state index in [9.17, 15) is 9.59 Å². The Morgan fingerprint density at radius 1 is 1.50 bits per heavy atom. The number of carbonyl (C=O) groups is 2. The Labute approximate surface area is 113 Å². The van der Waals surface area contributed by atoms with Crippen molar-refractivity contribution in [1.29, 1.82) is 0 Å². The highest BCUT2D eigenvalue weighted by molar-refractivity contribution is 9.10. The number of nitrogens with zero attached hydrogens (tertiary/aromatic N) is 1. The predicted octanol–water partition coefficient (Wildman–Crippen LogP) is 1.77. The molecule has 1 saturated carbocycles. The van der Waals surface area contributed by atoms with Crippen molar-refractivity contribution < 1.29 is 14.7 Å². The molecule has 1 fully saturated rings. The topological polar surface area (TPSA) is 71.3 Å². The first-order valence-corrected chi connectivity index (χ1v) is 6.62. The van der Waals surface area contributed by atoms with Gasteiger partial charge in [0.2, 0.25) is 0 Å². The lowest BCUT2D eigenvalue weighted by Crippen LogP contribution is -2.34. The van der Waals surface area contributed by atoms with Gasteiger partial charge >= 0.3 is 5.97 Å². The van der Waals surface area contributed by atoms with Crippen LogP contribution in [0.15, 0.2) is 16.7 Å². The fourth-order valence-corrected chi connectivity index (χ4v) is 2.87. The van der Waals surface area contributed by atoms with E-state index in [2.05, 4.69) is 21.2 Å². The summed E-state index contributed by atoms with van der Waals surface area (Å²) in [5.41, 5.74) is 0.570. The van der Waals surface area contributed by atoms with Crippen LogP contribution < -0.4 is 5.32 Å². The lowest BCUT2D eigenvalue weighted by Gasteiger charge is -2.12. The summed E-state index contributed by atoms with van der Waals surface area (Å²) in [5.74, 6) is -1.25. The molecule has 0 aromatic carbocycles. The van der Waals surface area contributed by atoms with Gasteiger partial charge in [0.25, 0.3) is 5.91 Å². The van der Waals surface area contributed by atoms with Gasteiger partial charge in [0.1, 0.15) is 5.69 Å². The van der Waals surface area contributed by atoms with E-state index in [0.29, 0.717) is 18.5 Å². The van der Waals surface area contributed by atoms with Crippen LogP contribution in [0.25, 0.3) is 0 Å². The summed E-state index contributed by atoms with van der Waals surface area (Å²) in [6, 6.07) is 1.71. The Balaban J connectivity index is 1.97. The second-order valence-electron chi connectivity index (χ2n) is 4.67. The minimum Gasteiger partial charge on any atom is -0.481 e. The standard InChI is InChI=1S/C12H15BrN2O3/c1-15-6-8(13)5-10(15)11(16)14-9-3-2-7(4-9)12(17)18/h5-7,9H,2-4H2,1H3,(H,14,16)(H,17,18). The van der Waals surface area contributed by atoms with E-state index in [1.165, 1.54) is 0 Å². The summed E-state index contributed by atoms with van der Waals surface area (Å²) in [5, 5.41) is 11.8. The van der Waals surface area contributed by atoms with Gasteiger partial charge < -0.3 is 15.0 Å². The van der Waals surface area contributed by atoms with Crippen LogP contribution in [0.2, 0.25) is 0 Å². The lowest BCUT2D eigenvalue weighted by molar-refractivity contribution is -0.141. The first kappa shape index (κ1) is 13.1. The number of carboxylic acids is 1. The van der Waals surface area contributed by atoms with Crippen LogP contribution in [0.5, 0.6) is 0 Å². The molecule has 0 saturated heterocycles. The van der Waals surface area contributed by atoms with E-state index in [1.54, 1.807) is 17.7 Å². The van der Waals surface area contributed by atoms with E-state index >= 15 is 0 Å². The summed E-state index contributed by atoms with van der Waals surface area (Å²) in [6.07, 6.45) is 3.70. The number of amides is 1. The molecule has 0 spiro atoms. The smallest absolute Gasteiger partial charge is 0.306 e. The molecule has 1 amide bonds. The van der Waals surface area contributed by atoms with Crippen molar-refractivity contribution >= 4 is 27.8 Å². The molecule has 1 aliphatic carbocycles. The second kappa shape index (κ2) is 5.14. The molecule has 0 radical (unpaired) electrons. The Bertz CT molecular complexity index is 484. The van der Waals surface area contributed by atoms with Crippen LogP contribution in [0.1, 0.15) is 29.8 Å². The highest BCUT2D eigenvalue weighted by Crippen LogP contribution is 2.26. The maximum Gasteiger partial charge on any atom is 0.306 e. The number of nitrogens with one attached hydrogen (secondary N) is 1. The third-order valence-electron chi connectivity index (χ3n) is 3.32. The van der Waals surface area contributed by atoms with Gasteiger partial charge in [-0.25, -0.2) is 0 Å². The fraction of sp³-hybridized carbons (Fsp3) is 0.500. The number of hydrogen-bond donors (Lipinski definition) is 2. The summed E-state index contributed by atoms with van der Waals surface area (Å²) < 4.78 is 2.59. The molecule has 6 heteroatoms. The quantitative estimate of drug-likeness (QED) is 0.893. The monoisotopic (exact) mass is 314 g/mol. The van der Waals surface area contributed by atoms with Crippen LogP contribution in [0.3, 0.4) is 0 Å². The molecule has 1 aromatic rings. The van der Waals surface area contributed by atoms with Gasteiger partial charge in [-0.05, 0) is 41.3 Å². The maximum atomic E-state index is 12.0. The summed E-state index contributed by atoms with van der Waals surface area (Å²) in [4.78, 5) is 22.8. The van der Waals surface area contributed by atoms with Crippen LogP contribution in [0, 0.1) is 5.92 Å². The van der Waals surface area contributed by atoms with Gasteiger partial charge in [-0.2, -0.15) is 0 Å². The van der Waals surface area contributed by atoms with Crippen molar-refractivity contribution in [3.05, 3.63) is 22.4 Å². The number of aliphatic carboxylic acids is 1. The predicted molar refractivity (Wildman–Crippen MR) is 69.3 cm³/mol. The van der Waals surface area contributed by atoms with Gasteiger partial charge in [0.15, 0.2) is 0 Å². The van der Waals surface area contributed by atoms with E-state index in [0.717, 1.165) is 10.9 Å². The molecular formula is C12H15BrN2O3. The molecular weight excluding hydrogens is 300 g/mol. The number of aromatic nitrogens is 1. The Kier molecular flexibility index (Phi) is 3.75. The molecule has 1 aromatic heterocycles. The molecule has 2 N–H and O–H groups in total. The minimum absolute atomic E-state index is 0.0349. The fourth-order valence-electron chi connectivity index (χ4n) is 2.35. The zero-order valence-corrected chi connectivity index (χ0v) is 11.6. The van der Waals surface area contributed by atoms with Crippen molar-refractivity contribution in [2.75, 3.05) is 0 Å². The van der Waals surface area contributed by atoms with Crippen molar-refractivity contribution in [1.82, 2.24) is 9.88 Å². The Morgan fingerprint density at radius 3 is 2.72 bits per heavy atom. The second-order valence-corrected chi connectivity index (χ2v) is 5.59. The normalized spacial score (nSPS) is 23.0. The molecule has 2 unspecified atom stereocenters. The zero-order valence-electron chi connectivity index (χ0n) is 10.0. The zero-order chi connectivity index (χ0) is 13.3. The molecule has 2 atom stereocenters. The Morgan fingerprint density at radius 2 is 2.22 bits per heavy atom. The molecule has 1 heterocycles. The van der Waals surface area contributed by atoms with Crippen molar-refractivity contribution in [3.8, 4) is 0 Å². The molecule has 18 heavy (non-hydrogen) atoms. The van der Waals surface area contributed by atoms with Gasteiger partial charge in [-0.1, -0.05) is 0 Å². The first-order valence-electron chi connectivity index (χ1n) is 5.83. The lowest BCUT2D eigenvalue weighted by atomic mass is 10.1. The third-order valence-corrected chi connectivity index (χ3v) is 3.75. The number of rotatable bonds is 3. The van der Waals surface area contributed by atoms with Crippen molar-refractivity contribution in [2.45, 2.75) is 25.3 Å². The Hall–Kier alpha value is -1.30. The van der Waals surface area contributed by atoms with E-state index in [-0.39, 0.29) is 17.9 Å². The number of carbonyl (C=O) groups excluding carboxylic acids is 1. The first-order chi connectivity index (χ1) is 8.47. The van der Waals surface area contributed by atoms with Crippen LogP contribution in [-0.2, 0) is 11.8 Å². The van der Waals surface area contributed by atoms with E-state index in [4.69, 9.17) is 5.11 Å². The average molecular weight is 315 g/mol. The van der Waals surface area contributed by atoms with Crippen LogP contribution >= 0.6 is 15.9 Å². The SMILES string of the molecule is Cn1cc(Br)cc1C(=O)NC1CCC(C(=O)O)C1. The molecule has 0 aliphatic heterocycles. The van der Waals surface area contributed by atoms with Gasteiger partial charge in [0, 0.05) is 23.8 Å².